The van der Waals surface area contributed by atoms with Crippen molar-refractivity contribution in [3.63, 3.8) is 0 Å². The van der Waals surface area contributed by atoms with E-state index in [4.69, 9.17) is 4.74 Å². The van der Waals surface area contributed by atoms with E-state index in [1.165, 1.54) is 0 Å². The third-order valence-corrected chi connectivity index (χ3v) is 6.35. The molecule has 7 heteroatoms. The number of nitrogens with zero attached hydrogens (tertiary/aromatic N) is 2. The van der Waals surface area contributed by atoms with Gasteiger partial charge in [-0.15, -0.1) is 13.2 Å². The van der Waals surface area contributed by atoms with Crippen LogP contribution >= 0.6 is 29.5 Å². The van der Waals surface area contributed by atoms with E-state index in [1.807, 2.05) is 13.1 Å². The third kappa shape index (κ3) is 4.03. The number of ether oxygens (including phenoxy) is 1. The molecular formula is C15H24IN2O3P. The van der Waals surface area contributed by atoms with E-state index >= 15 is 0 Å². The minimum atomic E-state index is -1.19. The first-order valence-corrected chi connectivity index (χ1v) is 11.3. The summed E-state index contributed by atoms with van der Waals surface area (Å²) in [5.41, 5.74) is 0.884. The number of aliphatic hydroxyl groups is 2. The Kier molecular flexibility index (Phi) is 5.60. The molecule has 0 aromatic heterocycles. The zero-order chi connectivity index (χ0) is 16.7. The second kappa shape index (κ2) is 6.77. The number of allylic oxidation sites excluding steroid dienone is 1. The summed E-state index contributed by atoms with van der Waals surface area (Å²) in [5, 5.41) is 20.6. The van der Waals surface area contributed by atoms with Crippen LogP contribution in [0.4, 0.5) is 0 Å². The van der Waals surface area contributed by atoms with Gasteiger partial charge in [-0.3, -0.25) is 0 Å². The fraction of sp³-hybridized carbons (Fsp3) is 0.600. The summed E-state index contributed by atoms with van der Waals surface area (Å²) in [4.78, 5) is 6.06. The maximum absolute atomic E-state index is 10.3. The van der Waals surface area contributed by atoms with Crippen LogP contribution in [-0.2, 0) is 4.74 Å². The average molecular weight is 438 g/mol. The Morgan fingerprint density at radius 3 is 2.64 bits per heavy atom. The van der Waals surface area contributed by atoms with Crippen molar-refractivity contribution in [2.24, 2.45) is 4.99 Å². The highest BCUT2D eigenvalue weighted by atomic mass is 127. The van der Waals surface area contributed by atoms with Crippen LogP contribution in [-0.4, -0.2) is 71.2 Å². The fourth-order valence-corrected chi connectivity index (χ4v) is 3.86. The van der Waals surface area contributed by atoms with Crippen LogP contribution < -0.4 is 0 Å². The topological polar surface area (TPSA) is 65.3 Å². The normalized spacial score (nSPS) is 33.0. The molecule has 124 valence electrons. The molecule has 0 radical (unpaired) electrons. The van der Waals surface area contributed by atoms with Crippen molar-refractivity contribution in [2.45, 2.75) is 37.9 Å². The molecule has 4 atom stereocenters. The Morgan fingerprint density at radius 1 is 1.41 bits per heavy atom. The van der Waals surface area contributed by atoms with Gasteiger partial charge >= 0.3 is 0 Å². The Morgan fingerprint density at radius 2 is 2.05 bits per heavy atom. The predicted octanol–water partition coefficient (Wildman–Crippen LogP) is 2.06. The van der Waals surface area contributed by atoms with E-state index in [2.05, 4.69) is 53.8 Å². The first-order chi connectivity index (χ1) is 10.1. The standard InChI is InChI=1S/C15H24IN2O3P/c1-9-11(16)8-18(10(2)17-9)15-14(20)13(19)12(21-15)6-7-22(3,4)5/h8,12-15,19-20H,2-3,6-7H2,1,4-5H3/t12-,13-,14-,15?/m1/s1. The van der Waals surface area contributed by atoms with Crippen LogP contribution in [0.3, 0.4) is 0 Å². The summed E-state index contributed by atoms with van der Waals surface area (Å²) in [5.74, 6) is 0.514. The molecular weight excluding hydrogens is 414 g/mol. The molecule has 2 N–H and O–H groups in total. The van der Waals surface area contributed by atoms with E-state index < -0.39 is 25.3 Å². The van der Waals surface area contributed by atoms with Crippen LogP contribution in [0, 0.1) is 0 Å². The quantitative estimate of drug-likeness (QED) is 0.521. The minimum Gasteiger partial charge on any atom is -0.388 e. The number of halogens is 1. The summed E-state index contributed by atoms with van der Waals surface area (Å²) in [6.07, 6.45) is 4.72. The maximum atomic E-state index is 10.3. The van der Waals surface area contributed by atoms with Gasteiger partial charge in [0.15, 0.2) is 6.23 Å². The highest BCUT2D eigenvalue weighted by Crippen LogP contribution is 2.39. The van der Waals surface area contributed by atoms with Gasteiger partial charge in [-0.1, -0.05) is 6.58 Å². The van der Waals surface area contributed by atoms with Crippen LogP contribution in [0.15, 0.2) is 27.2 Å². The number of hydrogen-bond acceptors (Lipinski definition) is 5. The lowest BCUT2D eigenvalue weighted by molar-refractivity contribution is -0.0578. The second-order valence-electron chi connectivity index (χ2n) is 6.49. The van der Waals surface area contributed by atoms with Gasteiger partial charge in [0.05, 0.1) is 15.4 Å². The number of rotatable bonds is 4. The smallest absolute Gasteiger partial charge is 0.164 e. The summed E-state index contributed by atoms with van der Waals surface area (Å²) < 4.78 is 6.87. The van der Waals surface area contributed by atoms with Crippen molar-refractivity contribution in [1.82, 2.24) is 4.90 Å². The Bertz CT molecular complexity index is 569. The first kappa shape index (κ1) is 18.2. The van der Waals surface area contributed by atoms with E-state index in [0.29, 0.717) is 12.2 Å². The number of aliphatic hydroxyl groups excluding tert-OH is 2. The number of aliphatic imine (C=N–C) groups is 1. The Labute approximate surface area is 145 Å². The Hall–Kier alpha value is -0.140. The molecule has 2 heterocycles. The third-order valence-electron chi connectivity index (χ3n) is 3.82. The molecule has 0 aromatic carbocycles. The van der Waals surface area contributed by atoms with Gasteiger partial charge in [-0.25, -0.2) is 4.99 Å². The van der Waals surface area contributed by atoms with Gasteiger partial charge in [0.25, 0.3) is 0 Å². The molecule has 1 saturated heterocycles. The van der Waals surface area contributed by atoms with Crippen LogP contribution in [0.25, 0.3) is 0 Å². The molecule has 0 spiro atoms. The Balaban J connectivity index is 2.10. The summed E-state index contributed by atoms with van der Waals surface area (Å²) >= 11 is 2.18. The van der Waals surface area contributed by atoms with Crippen molar-refractivity contribution >= 4 is 41.5 Å². The second-order valence-corrected chi connectivity index (χ2v) is 12.0. The molecule has 0 aromatic rings. The molecule has 0 aliphatic carbocycles. The van der Waals surface area contributed by atoms with Crippen molar-refractivity contribution in [2.75, 3.05) is 19.5 Å². The summed E-state index contributed by atoms with van der Waals surface area (Å²) in [7, 11) is 0. The number of hydrogen-bond donors (Lipinski definition) is 2. The molecule has 0 saturated carbocycles. The van der Waals surface area contributed by atoms with Crippen molar-refractivity contribution in [1.29, 1.82) is 0 Å². The van der Waals surface area contributed by atoms with Crippen LogP contribution in [0.5, 0.6) is 0 Å². The van der Waals surface area contributed by atoms with Crippen LogP contribution in [0.2, 0.25) is 0 Å². The molecule has 0 amide bonds. The van der Waals surface area contributed by atoms with Gasteiger partial charge in [0.1, 0.15) is 18.0 Å². The van der Waals surface area contributed by atoms with Crippen molar-refractivity contribution in [3.8, 4) is 0 Å². The lowest BCUT2D eigenvalue weighted by Gasteiger charge is -2.31. The maximum Gasteiger partial charge on any atom is 0.164 e. The zero-order valence-electron chi connectivity index (χ0n) is 13.2. The van der Waals surface area contributed by atoms with Crippen LogP contribution in [0.1, 0.15) is 13.3 Å². The van der Waals surface area contributed by atoms with Gasteiger partial charge < -0.3 is 19.8 Å². The summed E-state index contributed by atoms with van der Waals surface area (Å²) in [6, 6.07) is 0. The molecule has 2 aliphatic heterocycles. The highest BCUT2D eigenvalue weighted by Gasteiger charge is 2.45. The van der Waals surface area contributed by atoms with Gasteiger partial charge in [-0.05, 0) is 55.4 Å². The van der Waals surface area contributed by atoms with E-state index in [9.17, 15) is 10.2 Å². The SMILES string of the molecule is C=C1N=C(C)C(I)=CN1C1O[C@H](CCP(=C)(C)C)[C@@H](O)[C@H]1O. The lowest BCUT2D eigenvalue weighted by atomic mass is 10.1. The van der Waals surface area contributed by atoms with Crippen molar-refractivity contribution in [3.05, 3.63) is 22.2 Å². The molecule has 1 fully saturated rings. The minimum absolute atomic E-state index is 0.383. The average Bonchev–Trinajstić information content (AvgIpc) is 2.68. The predicted molar refractivity (Wildman–Crippen MR) is 102 cm³/mol. The molecule has 1 unspecified atom stereocenters. The molecule has 2 aliphatic rings. The highest BCUT2D eigenvalue weighted by molar-refractivity contribution is 14.1. The first-order valence-electron chi connectivity index (χ1n) is 7.19. The van der Waals surface area contributed by atoms with E-state index in [1.54, 1.807) is 4.90 Å². The fourth-order valence-electron chi connectivity index (χ4n) is 2.49. The largest absolute Gasteiger partial charge is 0.388 e. The van der Waals surface area contributed by atoms with Gasteiger partial charge in [0, 0.05) is 6.20 Å². The monoisotopic (exact) mass is 438 g/mol. The van der Waals surface area contributed by atoms with Gasteiger partial charge in [-0.2, -0.15) is 0 Å². The lowest BCUT2D eigenvalue weighted by Crippen LogP contribution is -2.41. The molecule has 22 heavy (non-hydrogen) atoms. The molecule has 5 nitrogen and oxygen atoms in total. The molecule has 0 bridgehead atoms. The zero-order valence-corrected chi connectivity index (χ0v) is 16.3. The van der Waals surface area contributed by atoms with E-state index in [0.717, 1.165) is 15.5 Å². The van der Waals surface area contributed by atoms with Crippen molar-refractivity contribution < 1.29 is 14.9 Å². The summed E-state index contributed by atoms with van der Waals surface area (Å²) in [6.45, 7) is 8.93. The van der Waals surface area contributed by atoms with Gasteiger partial charge in [0.2, 0.25) is 0 Å². The molecule has 2 rings (SSSR count). The van der Waals surface area contributed by atoms with E-state index in [-0.39, 0.29) is 6.10 Å².